The van der Waals surface area contributed by atoms with E-state index >= 15 is 0 Å². The Morgan fingerprint density at radius 1 is 1.48 bits per heavy atom. The molecule has 0 aromatic heterocycles. The lowest BCUT2D eigenvalue weighted by molar-refractivity contribution is -0.131. The van der Waals surface area contributed by atoms with E-state index in [4.69, 9.17) is 26.7 Å². The Bertz CT molecular complexity index is 593. The van der Waals surface area contributed by atoms with Crippen LogP contribution in [0.25, 0.3) is 6.08 Å². The van der Waals surface area contributed by atoms with Gasteiger partial charge in [0.05, 0.1) is 17.5 Å². The van der Waals surface area contributed by atoms with E-state index in [9.17, 15) is 9.59 Å². The third kappa shape index (κ3) is 5.97. The molecule has 0 fully saturated rings. The van der Waals surface area contributed by atoms with E-state index in [2.05, 4.69) is 5.32 Å². The maximum absolute atomic E-state index is 11.5. The van der Waals surface area contributed by atoms with E-state index in [-0.39, 0.29) is 30.3 Å². The summed E-state index contributed by atoms with van der Waals surface area (Å²) in [5.74, 6) is -1.26. The highest BCUT2D eigenvalue weighted by atomic mass is 35.5. The number of carboxylic acids is 1. The lowest BCUT2D eigenvalue weighted by atomic mass is 10.2. The normalized spacial score (nSPS) is 10.1. The van der Waals surface area contributed by atoms with Gasteiger partial charge in [-0.1, -0.05) is 23.7 Å². The Balaban J connectivity index is 2.72. The third-order valence-electron chi connectivity index (χ3n) is 2.31. The highest BCUT2D eigenvalue weighted by Crippen LogP contribution is 2.29. The average molecular weight is 309 g/mol. The van der Waals surface area contributed by atoms with Gasteiger partial charge in [-0.2, -0.15) is 5.26 Å². The maximum Gasteiger partial charge on any atom is 0.328 e. The molecule has 2 N–H and O–H groups in total. The molecule has 0 unspecified atom stereocenters. The van der Waals surface area contributed by atoms with Crippen molar-refractivity contribution in [2.24, 2.45) is 0 Å². The van der Waals surface area contributed by atoms with Crippen LogP contribution in [0.5, 0.6) is 5.75 Å². The van der Waals surface area contributed by atoms with Crippen LogP contribution < -0.4 is 10.1 Å². The summed E-state index contributed by atoms with van der Waals surface area (Å²) in [6.45, 7) is -0.0317. The van der Waals surface area contributed by atoms with Crippen molar-refractivity contribution in [3.05, 3.63) is 34.9 Å². The first-order chi connectivity index (χ1) is 10.0. The Hall–Kier alpha value is -2.52. The number of aliphatic carboxylic acids is 1. The van der Waals surface area contributed by atoms with Crippen LogP contribution in [0.4, 0.5) is 0 Å². The highest BCUT2D eigenvalue weighted by molar-refractivity contribution is 6.32. The summed E-state index contributed by atoms with van der Waals surface area (Å²) in [7, 11) is 0. The summed E-state index contributed by atoms with van der Waals surface area (Å²) in [6.07, 6.45) is 2.49. The van der Waals surface area contributed by atoms with Crippen LogP contribution in [0.2, 0.25) is 5.02 Å². The summed E-state index contributed by atoms with van der Waals surface area (Å²) in [5.41, 5.74) is 0.453. The molecule has 1 aromatic carbocycles. The van der Waals surface area contributed by atoms with Gasteiger partial charge in [-0.15, -0.1) is 0 Å². The number of carbonyl (C=O) groups is 2. The number of carboxylic acid groups (broad SMARTS) is 1. The second kappa shape index (κ2) is 8.61. The predicted molar refractivity (Wildman–Crippen MR) is 76.9 cm³/mol. The quantitative estimate of drug-likeness (QED) is 0.591. The fourth-order valence-electron chi connectivity index (χ4n) is 1.42. The van der Waals surface area contributed by atoms with Gasteiger partial charge >= 0.3 is 5.97 Å². The second-order valence-corrected chi connectivity index (χ2v) is 4.28. The molecule has 1 rings (SSSR count). The van der Waals surface area contributed by atoms with Gasteiger partial charge in [-0.3, -0.25) is 4.79 Å². The Morgan fingerprint density at radius 3 is 2.90 bits per heavy atom. The third-order valence-corrected chi connectivity index (χ3v) is 2.61. The molecule has 21 heavy (non-hydrogen) atoms. The van der Waals surface area contributed by atoms with Gasteiger partial charge in [0, 0.05) is 18.2 Å². The first-order valence-corrected chi connectivity index (χ1v) is 6.38. The van der Waals surface area contributed by atoms with Crippen molar-refractivity contribution in [3.63, 3.8) is 0 Å². The molecule has 0 aliphatic carbocycles. The lowest BCUT2D eigenvalue weighted by Crippen LogP contribution is -2.29. The van der Waals surface area contributed by atoms with E-state index < -0.39 is 11.9 Å². The van der Waals surface area contributed by atoms with E-state index in [1.807, 2.05) is 6.07 Å². The zero-order valence-electron chi connectivity index (χ0n) is 11.0. The van der Waals surface area contributed by atoms with Gasteiger partial charge in [0.1, 0.15) is 5.75 Å². The molecule has 0 bridgehead atoms. The topological polar surface area (TPSA) is 99.4 Å². The zero-order valence-corrected chi connectivity index (χ0v) is 11.8. The number of carbonyl (C=O) groups excluding carboxylic acids is 1. The molecule has 0 heterocycles. The second-order valence-electron chi connectivity index (χ2n) is 3.88. The standard InChI is InChI=1S/C14H13ClN2O4/c15-11-4-1-3-10(5-6-13(19)20)14(11)21-9-12(18)17-8-2-7-16/h1,3-6H,2,8-9H2,(H,17,18)(H,19,20)/b6-5+. The van der Waals surface area contributed by atoms with Gasteiger partial charge in [0.25, 0.3) is 5.91 Å². The summed E-state index contributed by atoms with van der Waals surface area (Å²) in [4.78, 5) is 22.0. The fraction of sp³-hybridized carbons (Fsp3) is 0.214. The smallest absolute Gasteiger partial charge is 0.328 e. The molecule has 7 heteroatoms. The number of halogens is 1. The first-order valence-electron chi connectivity index (χ1n) is 6.00. The summed E-state index contributed by atoms with van der Waals surface area (Å²) >= 11 is 5.97. The average Bonchev–Trinajstić information content (AvgIpc) is 2.44. The van der Waals surface area contributed by atoms with Crippen molar-refractivity contribution in [2.75, 3.05) is 13.2 Å². The number of hydrogen-bond donors (Lipinski definition) is 2. The number of hydrogen-bond acceptors (Lipinski definition) is 4. The van der Waals surface area contributed by atoms with E-state index in [1.165, 1.54) is 6.08 Å². The lowest BCUT2D eigenvalue weighted by Gasteiger charge is -2.10. The molecular formula is C14H13ClN2O4. The molecule has 1 amide bonds. The fourth-order valence-corrected chi connectivity index (χ4v) is 1.65. The number of rotatable bonds is 7. The minimum atomic E-state index is -1.10. The SMILES string of the molecule is N#CCCNC(=O)COc1c(Cl)cccc1/C=C/C(=O)O. The molecule has 0 aliphatic rings. The summed E-state index contributed by atoms with van der Waals surface area (Å²) in [6, 6.07) is 6.73. The molecular weight excluding hydrogens is 296 g/mol. The molecule has 0 aliphatic heterocycles. The molecule has 0 atom stereocenters. The minimum Gasteiger partial charge on any atom is -0.482 e. The van der Waals surface area contributed by atoms with Crippen molar-refractivity contribution in [1.29, 1.82) is 5.26 Å². The number of nitrogens with one attached hydrogen (secondary N) is 1. The van der Waals surface area contributed by atoms with Crippen molar-refractivity contribution < 1.29 is 19.4 Å². The molecule has 0 saturated heterocycles. The molecule has 0 radical (unpaired) electrons. The van der Waals surface area contributed by atoms with Crippen molar-refractivity contribution in [2.45, 2.75) is 6.42 Å². The number of para-hydroxylation sites is 1. The number of amides is 1. The highest BCUT2D eigenvalue weighted by Gasteiger charge is 2.09. The van der Waals surface area contributed by atoms with Crippen LogP contribution >= 0.6 is 11.6 Å². The molecule has 110 valence electrons. The van der Waals surface area contributed by atoms with Crippen LogP contribution in [-0.4, -0.2) is 30.1 Å². The molecule has 0 saturated carbocycles. The van der Waals surface area contributed by atoms with Crippen LogP contribution in [0.1, 0.15) is 12.0 Å². The largest absolute Gasteiger partial charge is 0.482 e. The summed E-state index contributed by atoms with van der Waals surface area (Å²) < 4.78 is 5.32. The molecule has 6 nitrogen and oxygen atoms in total. The first kappa shape index (κ1) is 16.5. The monoisotopic (exact) mass is 308 g/mol. The van der Waals surface area contributed by atoms with Crippen LogP contribution in [0.3, 0.4) is 0 Å². The Morgan fingerprint density at radius 2 is 2.24 bits per heavy atom. The van der Waals surface area contributed by atoms with E-state index in [0.717, 1.165) is 6.08 Å². The number of benzene rings is 1. The number of nitrogens with zero attached hydrogens (tertiary/aromatic N) is 1. The van der Waals surface area contributed by atoms with Gasteiger partial charge in [-0.05, 0) is 12.1 Å². The number of nitriles is 1. The van der Waals surface area contributed by atoms with Crippen molar-refractivity contribution >= 4 is 29.6 Å². The maximum atomic E-state index is 11.5. The van der Waals surface area contributed by atoms with Crippen molar-refractivity contribution in [1.82, 2.24) is 5.32 Å². The molecule has 1 aromatic rings. The van der Waals surface area contributed by atoms with E-state index in [1.54, 1.807) is 18.2 Å². The summed E-state index contributed by atoms with van der Waals surface area (Å²) in [5, 5.41) is 19.8. The van der Waals surface area contributed by atoms with Crippen LogP contribution in [0.15, 0.2) is 24.3 Å². The van der Waals surface area contributed by atoms with Crippen LogP contribution in [-0.2, 0) is 9.59 Å². The van der Waals surface area contributed by atoms with Gasteiger partial charge in [-0.25, -0.2) is 4.79 Å². The van der Waals surface area contributed by atoms with Gasteiger partial charge < -0.3 is 15.2 Å². The molecule has 0 spiro atoms. The van der Waals surface area contributed by atoms with Crippen LogP contribution in [0, 0.1) is 11.3 Å². The van der Waals surface area contributed by atoms with Gasteiger partial charge in [0.15, 0.2) is 6.61 Å². The van der Waals surface area contributed by atoms with Gasteiger partial charge in [0.2, 0.25) is 0 Å². The number of ether oxygens (including phenoxy) is 1. The van der Waals surface area contributed by atoms with E-state index in [0.29, 0.717) is 5.56 Å². The Kier molecular flexibility index (Phi) is 6.78. The predicted octanol–water partition coefficient (Wildman–Crippen LogP) is 1.85. The minimum absolute atomic E-state index is 0.213. The van der Waals surface area contributed by atoms with Crippen molar-refractivity contribution in [3.8, 4) is 11.8 Å². The zero-order chi connectivity index (χ0) is 15.7. The Labute approximate surface area is 126 Å².